The summed E-state index contributed by atoms with van der Waals surface area (Å²) in [7, 11) is 0. The monoisotopic (exact) mass is 514 g/mol. The van der Waals surface area contributed by atoms with Gasteiger partial charge in [-0.05, 0) is 73.9 Å². The highest BCUT2D eigenvalue weighted by Crippen LogP contribution is 2.64. The average Bonchev–Trinajstić information content (AvgIpc) is 3.35. The van der Waals surface area contributed by atoms with Gasteiger partial charge in [0.05, 0.1) is 15.6 Å². The van der Waals surface area contributed by atoms with E-state index in [-0.39, 0.29) is 17.7 Å². The van der Waals surface area contributed by atoms with Gasteiger partial charge in [-0.1, -0.05) is 54.6 Å². The summed E-state index contributed by atoms with van der Waals surface area (Å²) in [6.45, 7) is 14.1. The minimum Gasteiger partial charge on any atom is -0.359 e. The maximum absolute atomic E-state index is 14.3. The lowest BCUT2D eigenvalue weighted by Crippen LogP contribution is -2.06. The van der Waals surface area contributed by atoms with E-state index in [0.29, 0.717) is 22.0 Å². The Hall–Kier alpha value is -2.46. The molecule has 34 heavy (non-hydrogen) atoms. The first-order valence-electron chi connectivity index (χ1n) is 10.9. The number of hydrogen-bond donors (Lipinski definition) is 2. The van der Waals surface area contributed by atoms with Gasteiger partial charge in [0.1, 0.15) is 5.82 Å². The van der Waals surface area contributed by atoms with Gasteiger partial charge >= 0.3 is 0 Å². The van der Waals surface area contributed by atoms with Crippen molar-refractivity contribution >= 4 is 51.9 Å². The zero-order valence-electron chi connectivity index (χ0n) is 19.3. The number of allylic oxidation sites excluding steroid dienone is 1. The minimum absolute atomic E-state index is 0.0232. The molecule has 3 aromatic rings. The standard InChI is InChI=1S/C28H26Cl3FN2/c1-15-6-11-25(24(32)12-15)34-17(3)21-14-20(9-10-22(21)29)33-18(4)26-27(28(26,5)31)19-8-7-16(2)23(30)13-19/h6-14,26-27,33-34H,3-4H2,1-2,5H3. The Morgan fingerprint density at radius 3 is 2.35 bits per heavy atom. The van der Waals surface area contributed by atoms with Crippen LogP contribution in [0.5, 0.6) is 0 Å². The maximum Gasteiger partial charge on any atom is 0.146 e. The van der Waals surface area contributed by atoms with Crippen LogP contribution < -0.4 is 10.6 Å². The third-order valence-corrected chi connectivity index (χ3v) is 7.58. The van der Waals surface area contributed by atoms with E-state index in [0.717, 1.165) is 33.1 Å². The van der Waals surface area contributed by atoms with Crippen molar-refractivity contribution in [2.75, 3.05) is 10.6 Å². The SMILES string of the molecule is C=C(Nc1ccc(C)cc1F)c1cc(NC(=C)C2C(c3ccc(C)c(Cl)c3)C2(C)Cl)ccc1Cl. The predicted octanol–water partition coefficient (Wildman–Crippen LogP) is 9.17. The topological polar surface area (TPSA) is 24.1 Å². The highest BCUT2D eigenvalue weighted by molar-refractivity contribution is 6.32. The van der Waals surface area contributed by atoms with Crippen LogP contribution in [0.1, 0.15) is 35.1 Å². The van der Waals surface area contributed by atoms with E-state index in [9.17, 15) is 4.39 Å². The summed E-state index contributed by atoms with van der Waals surface area (Å²) in [6.07, 6.45) is 0. The van der Waals surface area contributed by atoms with E-state index in [1.165, 1.54) is 6.07 Å². The highest BCUT2D eigenvalue weighted by atomic mass is 35.5. The number of rotatable bonds is 7. The summed E-state index contributed by atoms with van der Waals surface area (Å²) in [5, 5.41) is 7.63. The molecular weight excluding hydrogens is 490 g/mol. The second-order valence-corrected chi connectivity index (χ2v) is 10.7. The lowest BCUT2D eigenvalue weighted by atomic mass is 10.1. The molecule has 0 saturated heterocycles. The average molecular weight is 516 g/mol. The molecule has 0 aliphatic heterocycles. The number of hydrogen-bond acceptors (Lipinski definition) is 2. The molecule has 0 amide bonds. The van der Waals surface area contributed by atoms with Gasteiger partial charge in [-0.2, -0.15) is 0 Å². The number of nitrogens with one attached hydrogen (secondary N) is 2. The van der Waals surface area contributed by atoms with Gasteiger partial charge in [0, 0.05) is 39.5 Å². The third-order valence-electron chi connectivity index (χ3n) is 6.38. The molecule has 6 heteroatoms. The molecule has 3 aromatic carbocycles. The van der Waals surface area contributed by atoms with Crippen molar-refractivity contribution in [3.05, 3.63) is 112 Å². The summed E-state index contributed by atoms with van der Waals surface area (Å²) in [6, 6.07) is 16.5. The van der Waals surface area contributed by atoms with E-state index in [1.54, 1.807) is 12.1 Å². The summed E-state index contributed by atoms with van der Waals surface area (Å²) in [5.74, 6) is -0.229. The maximum atomic E-state index is 14.3. The second kappa shape index (κ2) is 9.30. The molecule has 1 aliphatic carbocycles. The summed E-state index contributed by atoms with van der Waals surface area (Å²) >= 11 is 19.6. The van der Waals surface area contributed by atoms with Gasteiger partial charge in [0.2, 0.25) is 0 Å². The molecule has 0 bridgehead atoms. The fourth-order valence-corrected chi connectivity index (χ4v) is 5.26. The van der Waals surface area contributed by atoms with Gasteiger partial charge in [0.25, 0.3) is 0 Å². The Morgan fingerprint density at radius 2 is 1.68 bits per heavy atom. The first kappa shape index (κ1) is 24.7. The molecule has 1 aliphatic rings. The first-order chi connectivity index (χ1) is 16.0. The zero-order chi connectivity index (χ0) is 24.8. The van der Waals surface area contributed by atoms with Gasteiger partial charge in [0.15, 0.2) is 0 Å². The predicted molar refractivity (Wildman–Crippen MR) is 145 cm³/mol. The Labute approximate surface area is 215 Å². The summed E-state index contributed by atoms with van der Waals surface area (Å²) in [4.78, 5) is -0.466. The Balaban J connectivity index is 1.51. The van der Waals surface area contributed by atoms with Crippen LogP contribution in [0.4, 0.5) is 15.8 Å². The fraction of sp³-hybridized carbons (Fsp3) is 0.214. The van der Waals surface area contributed by atoms with Crippen molar-refractivity contribution in [3.63, 3.8) is 0 Å². The quantitative estimate of drug-likeness (QED) is 0.306. The van der Waals surface area contributed by atoms with Crippen molar-refractivity contribution in [1.29, 1.82) is 0 Å². The lowest BCUT2D eigenvalue weighted by Gasteiger charge is -2.16. The Kier molecular flexibility index (Phi) is 6.74. The van der Waals surface area contributed by atoms with Gasteiger partial charge in [-0.3, -0.25) is 0 Å². The molecule has 0 spiro atoms. The smallest absolute Gasteiger partial charge is 0.146 e. The van der Waals surface area contributed by atoms with Crippen LogP contribution in [0.3, 0.4) is 0 Å². The van der Waals surface area contributed by atoms with Crippen LogP contribution in [0.15, 0.2) is 73.5 Å². The molecule has 3 unspecified atom stereocenters. The normalized spacial score (nSPS) is 21.1. The minimum atomic E-state index is -0.466. The van der Waals surface area contributed by atoms with Crippen LogP contribution in [0.2, 0.25) is 10.0 Å². The van der Waals surface area contributed by atoms with Gasteiger partial charge in [-0.25, -0.2) is 4.39 Å². The number of alkyl halides is 1. The fourth-order valence-electron chi connectivity index (χ4n) is 4.39. The molecule has 176 valence electrons. The molecule has 0 heterocycles. The van der Waals surface area contributed by atoms with Crippen LogP contribution in [0.25, 0.3) is 5.70 Å². The molecule has 2 N–H and O–H groups in total. The van der Waals surface area contributed by atoms with E-state index in [1.807, 2.05) is 51.1 Å². The van der Waals surface area contributed by atoms with Crippen molar-refractivity contribution in [2.24, 2.45) is 5.92 Å². The number of halogens is 4. The summed E-state index contributed by atoms with van der Waals surface area (Å²) < 4.78 is 14.3. The molecular formula is C28H26Cl3FN2. The first-order valence-corrected chi connectivity index (χ1v) is 12.0. The molecule has 0 radical (unpaired) electrons. The highest BCUT2D eigenvalue weighted by Gasteiger charge is 2.62. The van der Waals surface area contributed by atoms with Crippen molar-refractivity contribution in [1.82, 2.24) is 0 Å². The summed E-state index contributed by atoms with van der Waals surface area (Å²) in [5.41, 5.74) is 6.04. The largest absolute Gasteiger partial charge is 0.359 e. The van der Waals surface area contributed by atoms with Gasteiger partial charge in [-0.15, -0.1) is 11.6 Å². The molecule has 2 nitrogen and oxygen atoms in total. The molecule has 3 atom stereocenters. The van der Waals surface area contributed by atoms with Crippen molar-refractivity contribution in [3.8, 4) is 0 Å². The van der Waals surface area contributed by atoms with Crippen LogP contribution in [-0.2, 0) is 0 Å². The number of aryl methyl sites for hydroxylation is 2. The number of benzene rings is 3. The van der Waals surface area contributed by atoms with Crippen LogP contribution in [-0.4, -0.2) is 4.87 Å². The molecule has 0 aromatic heterocycles. The van der Waals surface area contributed by atoms with Crippen molar-refractivity contribution < 1.29 is 4.39 Å². The molecule has 1 fully saturated rings. The van der Waals surface area contributed by atoms with E-state index >= 15 is 0 Å². The Bertz CT molecular complexity index is 1300. The zero-order valence-corrected chi connectivity index (χ0v) is 21.5. The molecule has 1 saturated carbocycles. The Morgan fingerprint density at radius 1 is 0.941 bits per heavy atom. The third kappa shape index (κ3) is 4.84. The number of anilines is 2. The van der Waals surface area contributed by atoms with E-state index < -0.39 is 4.87 Å². The lowest BCUT2D eigenvalue weighted by molar-refractivity contribution is 0.631. The van der Waals surface area contributed by atoms with Crippen molar-refractivity contribution in [2.45, 2.75) is 31.6 Å². The van der Waals surface area contributed by atoms with E-state index in [4.69, 9.17) is 34.8 Å². The van der Waals surface area contributed by atoms with E-state index in [2.05, 4.69) is 29.9 Å². The van der Waals surface area contributed by atoms with Crippen LogP contribution >= 0.6 is 34.8 Å². The van der Waals surface area contributed by atoms with Gasteiger partial charge < -0.3 is 10.6 Å². The molecule has 4 rings (SSSR count). The second-order valence-electron chi connectivity index (χ2n) is 9.05. The van der Waals surface area contributed by atoms with Crippen LogP contribution in [0, 0.1) is 25.6 Å².